The molecule has 0 nitrogen and oxygen atoms in total. The molecule has 2 aromatic rings. The lowest BCUT2D eigenvalue weighted by Gasteiger charge is -2.20. The minimum absolute atomic E-state index is 0.875. The highest BCUT2D eigenvalue weighted by molar-refractivity contribution is 7.89. The molecule has 88 valence electrons. The second-order valence-corrected chi connectivity index (χ2v) is 9.50. The maximum absolute atomic E-state index is 2.42. The Morgan fingerprint density at radius 1 is 0.824 bits per heavy atom. The van der Waals surface area contributed by atoms with Gasteiger partial charge in [0.25, 0.3) is 0 Å². The van der Waals surface area contributed by atoms with Crippen molar-refractivity contribution >= 4 is 31.8 Å². The van der Waals surface area contributed by atoms with E-state index in [0.29, 0.717) is 0 Å². The lowest BCUT2D eigenvalue weighted by molar-refractivity contribution is 1.75. The van der Waals surface area contributed by atoms with Gasteiger partial charge in [0.2, 0.25) is 0 Å². The van der Waals surface area contributed by atoms with E-state index in [1.165, 1.54) is 10.6 Å². The molecule has 0 aromatic heterocycles. The van der Waals surface area contributed by atoms with Gasteiger partial charge in [-0.25, -0.2) is 0 Å². The van der Waals surface area contributed by atoms with Crippen molar-refractivity contribution in [2.45, 2.75) is 0 Å². The fourth-order valence-electron chi connectivity index (χ4n) is 2.11. The van der Waals surface area contributed by atoms with Crippen LogP contribution < -0.4 is 15.9 Å². The molecule has 0 radical (unpaired) electrons. The summed E-state index contributed by atoms with van der Waals surface area (Å²) in [6.45, 7) is 7.10. The van der Waals surface area contributed by atoms with Crippen LogP contribution in [0.5, 0.6) is 0 Å². The Balaban J connectivity index is 2.51. The molecule has 17 heavy (non-hydrogen) atoms. The Hall–Kier alpha value is -0.700. The van der Waals surface area contributed by atoms with Crippen LogP contribution in [-0.2, 0) is 0 Å². The third-order valence-corrected chi connectivity index (χ3v) is 7.55. The fraction of sp³-hybridized carbons (Fsp3) is 0.200. The highest BCUT2D eigenvalue weighted by atomic mass is 31.2. The highest BCUT2D eigenvalue weighted by Gasteiger charge is 2.33. The van der Waals surface area contributed by atoms with E-state index in [9.17, 15) is 0 Å². The molecule has 0 aliphatic rings. The molecule has 1 atom stereocenters. The van der Waals surface area contributed by atoms with Crippen LogP contribution in [0.15, 0.2) is 54.6 Å². The molecule has 0 aliphatic heterocycles. The fourth-order valence-corrected chi connectivity index (χ4v) is 6.22. The van der Waals surface area contributed by atoms with Crippen molar-refractivity contribution in [3.63, 3.8) is 0 Å². The van der Waals surface area contributed by atoms with Gasteiger partial charge < -0.3 is 0 Å². The van der Waals surface area contributed by atoms with Gasteiger partial charge in [0.05, 0.1) is 25.9 Å². The standard InChI is InChI=1S/C15H19P2/c1-16-14-11-7-8-12-15(14)17(2,3)13-9-5-4-6-10-13/h4-12,16H,1-3H3/q+1. The Bertz CT molecular complexity index is 489. The van der Waals surface area contributed by atoms with Crippen LogP contribution in [0.4, 0.5) is 0 Å². The second-order valence-electron chi connectivity index (χ2n) is 4.56. The second kappa shape index (κ2) is 5.30. The maximum atomic E-state index is 2.42. The molecule has 0 spiro atoms. The van der Waals surface area contributed by atoms with Gasteiger partial charge in [-0.2, -0.15) is 0 Å². The molecule has 2 aromatic carbocycles. The summed E-state index contributed by atoms with van der Waals surface area (Å²) in [6.07, 6.45) is 0. The van der Waals surface area contributed by atoms with E-state index in [-0.39, 0.29) is 0 Å². The third-order valence-electron chi connectivity index (χ3n) is 3.18. The Labute approximate surface area is 107 Å². The first-order chi connectivity index (χ1) is 8.16. The first-order valence-electron chi connectivity index (χ1n) is 5.83. The molecular formula is C15H19P2+. The number of hydrogen-bond donors (Lipinski definition) is 0. The van der Waals surface area contributed by atoms with Crippen molar-refractivity contribution in [1.82, 2.24) is 0 Å². The molecular weight excluding hydrogens is 242 g/mol. The molecule has 1 unspecified atom stereocenters. The van der Waals surface area contributed by atoms with Gasteiger partial charge in [0.1, 0.15) is 5.30 Å². The van der Waals surface area contributed by atoms with Crippen LogP contribution in [0.2, 0.25) is 0 Å². The smallest absolute Gasteiger partial charge is 0.0893 e. The molecule has 0 fully saturated rings. The lowest BCUT2D eigenvalue weighted by atomic mass is 10.4. The molecule has 0 saturated carbocycles. The quantitative estimate of drug-likeness (QED) is 0.745. The van der Waals surface area contributed by atoms with Gasteiger partial charge in [0.15, 0.2) is 0 Å². The van der Waals surface area contributed by atoms with Gasteiger partial charge in [-0.15, -0.1) is 0 Å². The maximum Gasteiger partial charge on any atom is 0.106 e. The van der Waals surface area contributed by atoms with E-state index < -0.39 is 7.26 Å². The van der Waals surface area contributed by atoms with E-state index >= 15 is 0 Å². The molecule has 0 amide bonds. The Morgan fingerprint density at radius 3 is 2.06 bits per heavy atom. The summed E-state index contributed by atoms with van der Waals surface area (Å²) in [7, 11) is -0.319. The van der Waals surface area contributed by atoms with Gasteiger partial charge in [-0.3, -0.25) is 0 Å². The Morgan fingerprint density at radius 2 is 1.41 bits per heavy atom. The zero-order valence-electron chi connectivity index (χ0n) is 10.6. The zero-order chi connectivity index (χ0) is 12.3. The largest absolute Gasteiger partial charge is 0.106 e. The summed E-state index contributed by atoms with van der Waals surface area (Å²) >= 11 is 0. The van der Waals surface area contributed by atoms with Crippen LogP contribution >= 0.6 is 15.8 Å². The lowest BCUT2D eigenvalue weighted by Crippen LogP contribution is -2.29. The first kappa shape index (κ1) is 12.7. The van der Waals surface area contributed by atoms with E-state index in [2.05, 4.69) is 74.6 Å². The van der Waals surface area contributed by atoms with Crippen molar-refractivity contribution in [3.05, 3.63) is 54.6 Å². The van der Waals surface area contributed by atoms with Crippen LogP contribution in [0.25, 0.3) is 0 Å². The number of benzene rings is 2. The summed E-state index contributed by atoms with van der Waals surface area (Å²) in [4.78, 5) is 0. The van der Waals surface area contributed by atoms with E-state index in [1.807, 2.05) is 0 Å². The summed E-state index contributed by atoms with van der Waals surface area (Å²) in [5.41, 5.74) is 0. The summed E-state index contributed by atoms with van der Waals surface area (Å²) in [5, 5.41) is 4.58. The number of hydrogen-bond acceptors (Lipinski definition) is 0. The van der Waals surface area contributed by atoms with Crippen molar-refractivity contribution < 1.29 is 0 Å². The van der Waals surface area contributed by atoms with Crippen LogP contribution in [0, 0.1) is 0 Å². The molecule has 0 bridgehead atoms. The van der Waals surface area contributed by atoms with Gasteiger partial charge in [0, 0.05) is 5.30 Å². The highest BCUT2D eigenvalue weighted by Crippen LogP contribution is 2.48. The SMILES string of the molecule is CPc1ccccc1[P+](C)(C)c1ccccc1. The van der Waals surface area contributed by atoms with Crippen molar-refractivity contribution in [2.24, 2.45) is 0 Å². The normalized spacial score (nSPS) is 12.2. The predicted octanol–water partition coefficient (Wildman–Crippen LogP) is 2.85. The molecule has 0 N–H and O–H groups in total. The Kier molecular flexibility index (Phi) is 3.97. The van der Waals surface area contributed by atoms with Crippen molar-refractivity contribution in [2.75, 3.05) is 20.0 Å². The van der Waals surface area contributed by atoms with Crippen LogP contribution in [0.3, 0.4) is 0 Å². The van der Waals surface area contributed by atoms with Crippen molar-refractivity contribution in [1.29, 1.82) is 0 Å². The summed E-state index contributed by atoms with van der Waals surface area (Å²) < 4.78 is 0. The summed E-state index contributed by atoms with van der Waals surface area (Å²) in [6, 6.07) is 19.8. The van der Waals surface area contributed by atoms with Gasteiger partial charge in [-0.1, -0.05) is 45.0 Å². The van der Waals surface area contributed by atoms with Gasteiger partial charge >= 0.3 is 0 Å². The van der Waals surface area contributed by atoms with Crippen LogP contribution in [0.1, 0.15) is 0 Å². The summed E-state index contributed by atoms with van der Waals surface area (Å²) in [5.74, 6) is 0. The monoisotopic (exact) mass is 261 g/mol. The van der Waals surface area contributed by atoms with Crippen molar-refractivity contribution in [3.8, 4) is 0 Å². The topological polar surface area (TPSA) is 0 Å². The minimum atomic E-state index is -1.19. The van der Waals surface area contributed by atoms with E-state index in [0.717, 1.165) is 8.58 Å². The molecule has 2 heteroatoms. The van der Waals surface area contributed by atoms with E-state index in [1.54, 1.807) is 5.30 Å². The molecule has 0 saturated heterocycles. The number of rotatable bonds is 3. The molecule has 2 rings (SSSR count). The molecule has 0 heterocycles. The van der Waals surface area contributed by atoms with Gasteiger partial charge in [-0.05, 0) is 24.9 Å². The first-order valence-corrected chi connectivity index (χ1v) is 10.0. The average molecular weight is 261 g/mol. The minimum Gasteiger partial charge on any atom is -0.0893 e. The van der Waals surface area contributed by atoms with Crippen LogP contribution in [-0.4, -0.2) is 20.0 Å². The average Bonchev–Trinajstić information content (AvgIpc) is 2.39. The van der Waals surface area contributed by atoms with E-state index in [4.69, 9.17) is 0 Å². The third kappa shape index (κ3) is 2.59. The predicted molar refractivity (Wildman–Crippen MR) is 84.8 cm³/mol. The molecule has 0 aliphatic carbocycles. The zero-order valence-corrected chi connectivity index (χ0v) is 12.5.